The fourth-order valence-electron chi connectivity index (χ4n) is 3.23. The minimum absolute atomic E-state index is 0.0772. The number of fused-ring (bicyclic) bond motifs is 1. The van der Waals surface area contributed by atoms with Crippen LogP contribution in [-0.4, -0.2) is 48.8 Å². The third kappa shape index (κ3) is 3.99. The van der Waals surface area contributed by atoms with E-state index in [4.69, 9.17) is 16.3 Å². The number of nitrogens with zero attached hydrogens (tertiary/aromatic N) is 2. The first-order valence-corrected chi connectivity index (χ1v) is 11.1. The summed E-state index contributed by atoms with van der Waals surface area (Å²) < 4.78 is 29.2. The van der Waals surface area contributed by atoms with Crippen LogP contribution in [0.25, 0.3) is 11.1 Å². The molecule has 7 nitrogen and oxygen atoms in total. The van der Waals surface area contributed by atoms with Crippen LogP contribution in [0.1, 0.15) is 15.9 Å². The zero-order valence-corrected chi connectivity index (χ0v) is 17.1. The molecule has 150 valence electrons. The summed E-state index contributed by atoms with van der Waals surface area (Å²) in [4.78, 5) is 14.8. The molecule has 9 heteroatoms. The van der Waals surface area contributed by atoms with E-state index in [9.17, 15) is 13.2 Å². The molecule has 2 aromatic carbocycles. The van der Waals surface area contributed by atoms with Crippen molar-refractivity contribution in [3.05, 3.63) is 64.9 Å². The molecule has 0 bridgehead atoms. The normalized spacial score (nSPS) is 14.1. The lowest BCUT2D eigenvalue weighted by Crippen LogP contribution is -2.32. The summed E-state index contributed by atoms with van der Waals surface area (Å²) in [5.41, 5.74) is 3.03. The van der Waals surface area contributed by atoms with Gasteiger partial charge in [-0.25, -0.2) is 8.42 Å². The number of carbonyl (C=O) groups is 1. The van der Waals surface area contributed by atoms with E-state index in [-0.39, 0.29) is 21.4 Å². The summed E-state index contributed by atoms with van der Waals surface area (Å²) in [6.07, 6.45) is 4.62. The molecule has 1 aliphatic rings. The summed E-state index contributed by atoms with van der Waals surface area (Å²) >= 11 is 6.23. The van der Waals surface area contributed by atoms with Crippen molar-refractivity contribution < 1.29 is 17.9 Å². The molecule has 0 atom stereocenters. The van der Waals surface area contributed by atoms with Crippen LogP contribution >= 0.6 is 11.6 Å². The molecule has 3 aromatic rings. The van der Waals surface area contributed by atoms with E-state index < -0.39 is 9.84 Å². The van der Waals surface area contributed by atoms with E-state index in [0.717, 1.165) is 28.7 Å². The van der Waals surface area contributed by atoms with E-state index >= 15 is 0 Å². The first kappa shape index (κ1) is 19.5. The number of amides is 1. The largest absolute Gasteiger partial charge is 0.491 e. The highest BCUT2D eigenvalue weighted by atomic mass is 35.5. The van der Waals surface area contributed by atoms with Crippen LogP contribution in [0, 0.1) is 0 Å². The zero-order chi connectivity index (χ0) is 20.6. The van der Waals surface area contributed by atoms with Crippen LogP contribution in [0.3, 0.4) is 0 Å². The van der Waals surface area contributed by atoms with Crippen LogP contribution in [0.5, 0.6) is 5.75 Å². The molecule has 0 unspecified atom stereocenters. The van der Waals surface area contributed by atoms with E-state index in [1.54, 1.807) is 17.3 Å². The highest BCUT2D eigenvalue weighted by Crippen LogP contribution is 2.30. The molecule has 1 N–H and O–H groups in total. The molecule has 29 heavy (non-hydrogen) atoms. The van der Waals surface area contributed by atoms with Crippen molar-refractivity contribution in [2.75, 3.05) is 19.4 Å². The Bertz CT molecular complexity index is 1180. The van der Waals surface area contributed by atoms with Crippen molar-refractivity contribution in [3.63, 3.8) is 0 Å². The Morgan fingerprint density at radius 2 is 2.03 bits per heavy atom. The van der Waals surface area contributed by atoms with Gasteiger partial charge < -0.3 is 9.64 Å². The number of carbonyl (C=O) groups excluding carboxylic acids is 1. The standard InChI is InChI=1S/C20H18ClN3O4S/c1-29(26,27)16-3-4-17(18(21)9-16)20(25)24-6-7-28-19-5-2-13(8-14(19)12-24)15-10-22-23-11-15/h2-5,8-11H,6-7,12H2,1H3,(H,22,23). The number of hydrogen-bond acceptors (Lipinski definition) is 5. The highest BCUT2D eigenvalue weighted by Gasteiger charge is 2.24. The van der Waals surface area contributed by atoms with E-state index in [0.29, 0.717) is 19.7 Å². The van der Waals surface area contributed by atoms with Gasteiger partial charge in [-0.2, -0.15) is 5.10 Å². The number of aromatic amines is 1. The quantitative estimate of drug-likeness (QED) is 0.687. The van der Waals surface area contributed by atoms with Gasteiger partial charge in [0.05, 0.1) is 28.2 Å². The predicted octanol–water partition coefficient (Wildman–Crippen LogP) is 3.17. The second-order valence-electron chi connectivity index (χ2n) is 6.80. The molecule has 1 aliphatic heterocycles. The Labute approximate surface area is 173 Å². The van der Waals surface area contributed by atoms with Gasteiger partial charge in [0.25, 0.3) is 5.91 Å². The molecule has 1 amide bonds. The van der Waals surface area contributed by atoms with Gasteiger partial charge in [-0.1, -0.05) is 17.7 Å². The number of rotatable bonds is 3. The smallest absolute Gasteiger partial charge is 0.255 e. The molecule has 0 spiro atoms. The van der Waals surface area contributed by atoms with Crippen LogP contribution in [0.15, 0.2) is 53.7 Å². The number of H-pyrrole nitrogens is 1. The lowest BCUT2D eigenvalue weighted by Gasteiger charge is -2.21. The zero-order valence-electron chi connectivity index (χ0n) is 15.6. The fourth-order valence-corrected chi connectivity index (χ4v) is 4.20. The maximum absolute atomic E-state index is 13.1. The third-order valence-electron chi connectivity index (χ3n) is 4.76. The average Bonchev–Trinajstić information content (AvgIpc) is 3.13. The Morgan fingerprint density at radius 1 is 1.21 bits per heavy atom. The minimum atomic E-state index is -3.40. The average molecular weight is 432 g/mol. The summed E-state index contributed by atoms with van der Waals surface area (Å²) in [6, 6.07) is 9.97. The molecule has 0 saturated heterocycles. The van der Waals surface area contributed by atoms with Crippen molar-refractivity contribution in [1.29, 1.82) is 0 Å². The molecule has 0 aliphatic carbocycles. The monoisotopic (exact) mass is 431 g/mol. The van der Waals surface area contributed by atoms with Gasteiger partial charge >= 0.3 is 0 Å². The topological polar surface area (TPSA) is 92.4 Å². The lowest BCUT2D eigenvalue weighted by molar-refractivity contribution is 0.0733. The van der Waals surface area contributed by atoms with E-state index in [1.807, 2.05) is 18.2 Å². The first-order chi connectivity index (χ1) is 13.8. The van der Waals surface area contributed by atoms with Crippen LogP contribution in [0.4, 0.5) is 0 Å². The molecule has 4 rings (SSSR count). The maximum Gasteiger partial charge on any atom is 0.255 e. The Kier molecular flexibility index (Phi) is 5.06. The van der Waals surface area contributed by atoms with Gasteiger partial charge in [0, 0.05) is 30.1 Å². The highest BCUT2D eigenvalue weighted by molar-refractivity contribution is 7.90. The van der Waals surface area contributed by atoms with Crippen LogP contribution < -0.4 is 4.74 Å². The number of halogens is 1. The second-order valence-corrected chi connectivity index (χ2v) is 9.22. The summed E-state index contributed by atoms with van der Waals surface area (Å²) in [5.74, 6) is 0.450. The third-order valence-corrected chi connectivity index (χ3v) is 6.18. The van der Waals surface area contributed by atoms with Gasteiger partial charge in [-0.05, 0) is 35.9 Å². The number of aromatic nitrogens is 2. The SMILES string of the molecule is CS(=O)(=O)c1ccc(C(=O)N2CCOc3ccc(-c4cn[nH]c4)cc3C2)c(Cl)c1. The van der Waals surface area contributed by atoms with Crippen LogP contribution in [0.2, 0.25) is 5.02 Å². The van der Waals surface area contributed by atoms with Gasteiger partial charge in [0.2, 0.25) is 0 Å². The van der Waals surface area contributed by atoms with E-state index in [1.165, 1.54) is 18.2 Å². The summed E-state index contributed by atoms with van der Waals surface area (Å²) in [5, 5.41) is 6.86. The molecule has 2 heterocycles. The van der Waals surface area contributed by atoms with Crippen LogP contribution in [-0.2, 0) is 16.4 Å². The maximum atomic E-state index is 13.1. The summed E-state index contributed by atoms with van der Waals surface area (Å²) in [7, 11) is -3.40. The van der Waals surface area contributed by atoms with Crippen molar-refractivity contribution in [3.8, 4) is 16.9 Å². The minimum Gasteiger partial charge on any atom is -0.491 e. The number of sulfone groups is 1. The van der Waals surface area contributed by atoms with Crippen molar-refractivity contribution in [2.24, 2.45) is 0 Å². The first-order valence-electron chi connectivity index (χ1n) is 8.87. The molecular formula is C20H18ClN3O4S. The van der Waals surface area contributed by atoms with Gasteiger partial charge in [0.1, 0.15) is 12.4 Å². The molecular weight excluding hydrogens is 414 g/mol. The lowest BCUT2D eigenvalue weighted by atomic mass is 10.0. The second kappa shape index (κ2) is 7.53. The Balaban J connectivity index is 1.63. The number of nitrogens with one attached hydrogen (secondary N) is 1. The van der Waals surface area contributed by atoms with Crippen molar-refractivity contribution in [2.45, 2.75) is 11.4 Å². The fraction of sp³-hybridized carbons (Fsp3) is 0.200. The molecule has 0 fully saturated rings. The predicted molar refractivity (Wildman–Crippen MR) is 109 cm³/mol. The number of benzene rings is 2. The van der Waals surface area contributed by atoms with Gasteiger partial charge in [-0.3, -0.25) is 9.89 Å². The molecule has 0 saturated carbocycles. The summed E-state index contributed by atoms with van der Waals surface area (Å²) in [6.45, 7) is 1.09. The number of hydrogen-bond donors (Lipinski definition) is 1. The Morgan fingerprint density at radius 3 is 2.72 bits per heavy atom. The Hall–Kier alpha value is -2.84. The van der Waals surface area contributed by atoms with Gasteiger partial charge in [0.15, 0.2) is 9.84 Å². The molecule has 0 radical (unpaired) electrons. The van der Waals surface area contributed by atoms with Gasteiger partial charge in [-0.15, -0.1) is 0 Å². The van der Waals surface area contributed by atoms with Crippen molar-refractivity contribution >= 4 is 27.3 Å². The van der Waals surface area contributed by atoms with Crippen molar-refractivity contribution in [1.82, 2.24) is 15.1 Å². The number of ether oxygens (including phenoxy) is 1. The molecule has 1 aromatic heterocycles. The van der Waals surface area contributed by atoms with E-state index in [2.05, 4.69) is 10.2 Å².